The number of hydrogen-bond donors (Lipinski definition) is 1. The van der Waals surface area contributed by atoms with Gasteiger partial charge in [0.1, 0.15) is 5.75 Å². The molecular formula is C24H23N3O3. The summed E-state index contributed by atoms with van der Waals surface area (Å²) in [5.74, 6) is 0.465. The van der Waals surface area contributed by atoms with E-state index in [4.69, 9.17) is 4.74 Å². The third kappa shape index (κ3) is 4.49. The number of ether oxygens (including phenoxy) is 1. The Bertz CT molecular complexity index is 1070. The number of aromatic nitrogens is 1. The van der Waals surface area contributed by atoms with Crippen molar-refractivity contribution in [1.29, 1.82) is 0 Å². The summed E-state index contributed by atoms with van der Waals surface area (Å²) < 4.78 is 5.57. The van der Waals surface area contributed by atoms with Crippen molar-refractivity contribution in [3.05, 3.63) is 89.2 Å². The lowest BCUT2D eigenvalue weighted by Crippen LogP contribution is -2.38. The lowest BCUT2D eigenvalue weighted by molar-refractivity contribution is -0.121. The molecule has 2 heterocycles. The molecule has 0 fully saturated rings. The van der Waals surface area contributed by atoms with Gasteiger partial charge in [-0.25, -0.2) is 0 Å². The molecule has 152 valence electrons. The predicted octanol–water partition coefficient (Wildman–Crippen LogP) is 3.29. The van der Waals surface area contributed by atoms with Crippen LogP contribution in [0.4, 0.5) is 5.69 Å². The van der Waals surface area contributed by atoms with Gasteiger partial charge in [-0.1, -0.05) is 24.3 Å². The molecule has 0 unspecified atom stereocenters. The van der Waals surface area contributed by atoms with E-state index in [1.54, 1.807) is 17.2 Å². The Hall–Kier alpha value is -3.67. The van der Waals surface area contributed by atoms with Crippen LogP contribution in [0.2, 0.25) is 0 Å². The van der Waals surface area contributed by atoms with Gasteiger partial charge in [-0.3, -0.25) is 14.6 Å². The summed E-state index contributed by atoms with van der Waals surface area (Å²) in [4.78, 5) is 31.0. The van der Waals surface area contributed by atoms with E-state index >= 15 is 0 Å². The average Bonchev–Trinajstić information content (AvgIpc) is 2.76. The molecule has 2 aromatic carbocycles. The number of pyridine rings is 1. The third-order valence-electron chi connectivity index (χ3n) is 4.98. The molecule has 30 heavy (non-hydrogen) atoms. The molecule has 3 aromatic rings. The predicted molar refractivity (Wildman–Crippen MR) is 115 cm³/mol. The van der Waals surface area contributed by atoms with E-state index in [0.717, 1.165) is 22.5 Å². The van der Waals surface area contributed by atoms with Gasteiger partial charge in [0.05, 0.1) is 12.2 Å². The number of benzene rings is 2. The first-order chi connectivity index (χ1) is 14.6. The zero-order valence-corrected chi connectivity index (χ0v) is 16.8. The van der Waals surface area contributed by atoms with Crippen LogP contribution >= 0.6 is 0 Å². The lowest BCUT2D eigenvalue weighted by atomic mass is 10.1. The number of aryl methyl sites for hydroxylation is 1. The standard InChI is InChI=1S/C24H23N3O3/c1-17-8-9-21-22(13-17)30-16-23(28)27(21)15-18-5-4-6-19(14-18)24(29)26-12-10-20-7-2-3-11-25-20/h2-9,11,13-14H,10,12,15-16H2,1H3,(H,26,29). The number of nitrogens with one attached hydrogen (secondary N) is 1. The van der Waals surface area contributed by atoms with Crippen LogP contribution in [-0.4, -0.2) is 29.9 Å². The summed E-state index contributed by atoms with van der Waals surface area (Å²) in [5.41, 5.74) is 4.22. The van der Waals surface area contributed by atoms with Crippen LogP contribution in [0.25, 0.3) is 0 Å². The van der Waals surface area contributed by atoms with E-state index in [9.17, 15) is 9.59 Å². The lowest BCUT2D eigenvalue weighted by Gasteiger charge is -2.29. The minimum atomic E-state index is -0.142. The van der Waals surface area contributed by atoms with Crippen LogP contribution in [0.3, 0.4) is 0 Å². The monoisotopic (exact) mass is 401 g/mol. The van der Waals surface area contributed by atoms with Crippen molar-refractivity contribution in [2.24, 2.45) is 0 Å². The van der Waals surface area contributed by atoms with Crippen molar-refractivity contribution >= 4 is 17.5 Å². The number of hydrogen-bond acceptors (Lipinski definition) is 4. The highest BCUT2D eigenvalue weighted by atomic mass is 16.5. The van der Waals surface area contributed by atoms with Crippen LogP contribution in [0.5, 0.6) is 5.75 Å². The molecule has 1 aliphatic heterocycles. The Morgan fingerprint density at radius 2 is 2.03 bits per heavy atom. The van der Waals surface area contributed by atoms with Gasteiger partial charge in [0.15, 0.2) is 6.61 Å². The molecule has 0 spiro atoms. The smallest absolute Gasteiger partial charge is 0.265 e. The summed E-state index contributed by atoms with van der Waals surface area (Å²) in [5, 5.41) is 2.93. The van der Waals surface area contributed by atoms with E-state index in [1.165, 1.54) is 0 Å². The number of carbonyl (C=O) groups excluding carboxylic acids is 2. The van der Waals surface area contributed by atoms with Crippen LogP contribution in [0, 0.1) is 6.92 Å². The number of rotatable bonds is 6. The van der Waals surface area contributed by atoms with E-state index < -0.39 is 0 Å². The minimum absolute atomic E-state index is 0.0180. The molecule has 0 saturated heterocycles. The molecule has 0 aliphatic carbocycles. The fourth-order valence-electron chi connectivity index (χ4n) is 3.43. The first-order valence-corrected chi connectivity index (χ1v) is 9.91. The average molecular weight is 401 g/mol. The van der Waals surface area contributed by atoms with E-state index in [0.29, 0.717) is 30.8 Å². The summed E-state index contributed by atoms with van der Waals surface area (Å²) in [7, 11) is 0. The maximum atomic E-state index is 12.5. The first kappa shape index (κ1) is 19.6. The van der Waals surface area contributed by atoms with Crippen LogP contribution in [-0.2, 0) is 17.8 Å². The SMILES string of the molecule is Cc1ccc2c(c1)OCC(=O)N2Cc1cccc(C(=O)NCCc2ccccn2)c1. The number of carbonyl (C=O) groups is 2. The Kier molecular flexibility index (Phi) is 5.75. The molecule has 6 heteroatoms. The zero-order chi connectivity index (χ0) is 20.9. The van der Waals surface area contributed by atoms with Gasteiger partial charge in [0.25, 0.3) is 11.8 Å². The Labute approximate surface area is 175 Å². The van der Waals surface area contributed by atoms with E-state index in [1.807, 2.05) is 61.5 Å². The van der Waals surface area contributed by atoms with Gasteiger partial charge in [-0.2, -0.15) is 0 Å². The summed E-state index contributed by atoms with van der Waals surface area (Å²) in [6, 6.07) is 18.9. The maximum Gasteiger partial charge on any atom is 0.265 e. The van der Waals surface area contributed by atoms with Crippen molar-refractivity contribution < 1.29 is 14.3 Å². The van der Waals surface area contributed by atoms with Crippen LogP contribution in [0.15, 0.2) is 66.9 Å². The highest BCUT2D eigenvalue weighted by Gasteiger charge is 2.25. The number of amides is 2. The molecule has 1 aliphatic rings. The van der Waals surface area contributed by atoms with Crippen molar-refractivity contribution in [2.45, 2.75) is 19.9 Å². The van der Waals surface area contributed by atoms with Crippen molar-refractivity contribution in [3.8, 4) is 5.75 Å². The molecule has 0 bridgehead atoms. The van der Waals surface area contributed by atoms with Gasteiger partial charge in [0.2, 0.25) is 0 Å². The molecule has 2 amide bonds. The van der Waals surface area contributed by atoms with Gasteiger partial charge < -0.3 is 15.0 Å². The first-order valence-electron chi connectivity index (χ1n) is 9.91. The summed E-state index contributed by atoms with van der Waals surface area (Å²) >= 11 is 0. The number of fused-ring (bicyclic) bond motifs is 1. The number of anilines is 1. The molecular weight excluding hydrogens is 378 g/mol. The fourth-order valence-corrected chi connectivity index (χ4v) is 3.43. The van der Waals surface area contributed by atoms with Gasteiger partial charge in [0, 0.05) is 30.4 Å². The zero-order valence-electron chi connectivity index (χ0n) is 16.8. The summed E-state index contributed by atoms with van der Waals surface area (Å²) in [6.45, 7) is 2.90. The molecule has 0 atom stereocenters. The fraction of sp³-hybridized carbons (Fsp3) is 0.208. The molecule has 1 aromatic heterocycles. The molecule has 4 rings (SSSR count). The quantitative estimate of drug-likeness (QED) is 0.688. The van der Waals surface area contributed by atoms with Crippen molar-refractivity contribution in [1.82, 2.24) is 10.3 Å². The Morgan fingerprint density at radius 3 is 2.87 bits per heavy atom. The Balaban J connectivity index is 1.43. The van der Waals surface area contributed by atoms with Crippen molar-refractivity contribution in [2.75, 3.05) is 18.1 Å². The molecule has 0 saturated carbocycles. The second-order valence-electron chi connectivity index (χ2n) is 7.27. The highest BCUT2D eigenvalue weighted by Crippen LogP contribution is 2.33. The van der Waals surface area contributed by atoms with E-state index in [2.05, 4.69) is 10.3 Å². The minimum Gasteiger partial charge on any atom is -0.482 e. The van der Waals surface area contributed by atoms with Gasteiger partial charge in [-0.15, -0.1) is 0 Å². The molecule has 0 radical (unpaired) electrons. The van der Waals surface area contributed by atoms with Gasteiger partial charge in [-0.05, 0) is 54.4 Å². The largest absolute Gasteiger partial charge is 0.482 e. The van der Waals surface area contributed by atoms with E-state index in [-0.39, 0.29) is 18.4 Å². The van der Waals surface area contributed by atoms with Crippen LogP contribution in [0.1, 0.15) is 27.2 Å². The second-order valence-corrected chi connectivity index (χ2v) is 7.27. The molecule has 1 N–H and O–H groups in total. The second kappa shape index (κ2) is 8.78. The number of nitrogens with zero attached hydrogens (tertiary/aromatic N) is 2. The summed E-state index contributed by atoms with van der Waals surface area (Å²) in [6.07, 6.45) is 2.41. The normalized spacial score (nSPS) is 12.8. The topological polar surface area (TPSA) is 71.5 Å². The maximum absolute atomic E-state index is 12.5. The molecule has 6 nitrogen and oxygen atoms in total. The Morgan fingerprint density at radius 1 is 1.13 bits per heavy atom. The highest BCUT2D eigenvalue weighted by molar-refractivity contribution is 5.98. The van der Waals surface area contributed by atoms with Crippen molar-refractivity contribution in [3.63, 3.8) is 0 Å². The third-order valence-corrected chi connectivity index (χ3v) is 4.98. The van der Waals surface area contributed by atoms with Gasteiger partial charge >= 0.3 is 0 Å². The van der Waals surface area contributed by atoms with Crippen LogP contribution < -0.4 is 15.0 Å².